The fourth-order valence-electron chi connectivity index (χ4n) is 1.47. The molecule has 0 atom stereocenters. The van der Waals surface area contributed by atoms with Gasteiger partial charge < -0.3 is 14.8 Å². The first kappa shape index (κ1) is 11.3. The number of benzene rings is 1. The maximum atomic E-state index is 11.0. The predicted molar refractivity (Wildman–Crippen MR) is 64.1 cm³/mol. The second-order valence-electron chi connectivity index (χ2n) is 3.51. The van der Waals surface area contributed by atoms with Crippen LogP contribution in [-0.4, -0.2) is 19.1 Å². The fraction of sp³-hybridized carbons (Fsp3) is 0.364. The molecular weight excluding hydrogens is 274 g/mol. The predicted octanol–water partition coefficient (Wildman–Crippen LogP) is 2.57. The molecule has 1 heterocycles. The van der Waals surface area contributed by atoms with E-state index < -0.39 is 0 Å². The van der Waals surface area contributed by atoms with Crippen molar-refractivity contribution in [2.45, 2.75) is 13.3 Å². The van der Waals surface area contributed by atoms with Crippen LogP contribution in [0.4, 0.5) is 5.69 Å². The lowest BCUT2D eigenvalue weighted by Gasteiger charge is -2.11. The minimum absolute atomic E-state index is 0.116. The summed E-state index contributed by atoms with van der Waals surface area (Å²) in [7, 11) is 0. The van der Waals surface area contributed by atoms with Crippen molar-refractivity contribution < 1.29 is 14.3 Å². The molecule has 0 bridgehead atoms. The summed E-state index contributed by atoms with van der Waals surface area (Å²) >= 11 is 3.38. The van der Waals surface area contributed by atoms with E-state index in [2.05, 4.69) is 21.2 Å². The zero-order valence-electron chi connectivity index (χ0n) is 8.88. The Morgan fingerprint density at radius 1 is 1.31 bits per heavy atom. The van der Waals surface area contributed by atoms with Gasteiger partial charge in [0.1, 0.15) is 0 Å². The zero-order valence-corrected chi connectivity index (χ0v) is 10.5. The van der Waals surface area contributed by atoms with E-state index in [0.29, 0.717) is 30.4 Å². The maximum absolute atomic E-state index is 11.0. The Kier molecular flexibility index (Phi) is 3.33. The first-order chi connectivity index (χ1) is 7.66. The summed E-state index contributed by atoms with van der Waals surface area (Å²) in [6, 6.07) is 3.58. The summed E-state index contributed by atoms with van der Waals surface area (Å²) in [5.41, 5.74) is 0.691. The molecule has 0 radical (unpaired) electrons. The SMILES string of the molecule is CC(=O)Nc1cc2c(cc1Br)OCCCO2. The molecular formula is C11H12BrNO3. The van der Waals surface area contributed by atoms with Crippen molar-refractivity contribution in [3.05, 3.63) is 16.6 Å². The van der Waals surface area contributed by atoms with E-state index in [-0.39, 0.29) is 5.91 Å². The number of hydrogen-bond donors (Lipinski definition) is 1. The summed E-state index contributed by atoms with van der Waals surface area (Å²) in [5, 5.41) is 2.72. The van der Waals surface area contributed by atoms with E-state index >= 15 is 0 Å². The van der Waals surface area contributed by atoms with Crippen molar-refractivity contribution in [1.82, 2.24) is 0 Å². The Labute approximate surface area is 102 Å². The first-order valence-corrected chi connectivity index (χ1v) is 5.83. The van der Waals surface area contributed by atoms with Crippen LogP contribution in [0.15, 0.2) is 16.6 Å². The minimum atomic E-state index is -0.116. The number of carbonyl (C=O) groups is 1. The smallest absolute Gasteiger partial charge is 0.221 e. The van der Waals surface area contributed by atoms with E-state index in [4.69, 9.17) is 9.47 Å². The zero-order chi connectivity index (χ0) is 11.5. The number of fused-ring (bicyclic) bond motifs is 1. The highest BCUT2D eigenvalue weighted by molar-refractivity contribution is 9.10. The number of amides is 1. The molecule has 16 heavy (non-hydrogen) atoms. The summed E-state index contributed by atoms with van der Waals surface area (Å²) in [4.78, 5) is 11.0. The Morgan fingerprint density at radius 2 is 1.94 bits per heavy atom. The highest BCUT2D eigenvalue weighted by Gasteiger charge is 2.14. The highest BCUT2D eigenvalue weighted by atomic mass is 79.9. The maximum Gasteiger partial charge on any atom is 0.221 e. The molecule has 1 aliphatic heterocycles. The van der Waals surface area contributed by atoms with Crippen molar-refractivity contribution in [1.29, 1.82) is 0 Å². The number of nitrogens with one attached hydrogen (secondary N) is 1. The third kappa shape index (κ3) is 2.47. The standard InChI is InChI=1S/C11H12BrNO3/c1-7(14)13-9-6-11-10(5-8(9)12)15-3-2-4-16-11/h5-6H,2-4H2,1H3,(H,13,14). The summed E-state index contributed by atoms with van der Waals surface area (Å²) in [6.45, 7) is 2.75. The van der Waals surface area contributed by atoms with Gasteiger partial charge in [0.05, 0.1) is 18.9 Å². The van der Waals surface area contributed by atoms with Crippen molar-refractivity contribution >= 4 is 27.5 Å². The van der Waals surface area contributed by atoms with Crippen LogP contribution in [0.3, 0.4) is 0 Å². The summed E-state index contributed by atoms with van der Waals surface area (Å²) in [6.07, 6.45) is 0.863. The van der Waals surface area contributed by atoms with Gasteiger partial charge in [0.25, 0.3) is 0 Å². The molecule has 86 valence electrons. The van der Waals surface area contributed by atoms with Gasteiger partial charge in [0.15, 0.2) is 11.5 Å². The van der Waals surface area contributed by atoms with Crippen molar-refractivity contribution in [2.24, 2.45) is 0 Å². The molecule has 1 amide bonds. The number of halogens is 1. The summed E-state index contributed by atoms with van der Waals surface area (Å²) in [5.74, 6) is 1.26. The molecule has 1 aromatic rings. The quantitative estimate of drug-likeness (QED) is 0.863. The highest BCUT2D eigenvalue weighted by Crippen LogP contribution is 2.37. The monoisotopic (exact) mass is 285 g/mol. The first-order valence-electron chi connectivity index (χ1n) is 5.03. The lowest BCUT2D eigenvalue weighted by Crippen LogP contribution is -2.06. The molecule has 5 heteroatoms. The number of ether oxygens (including phenoxy) is 2. The van der Waals surface area contributed by atoms with Gasteiger partial charge in [-0.25, -0.2) is 0 Å². The second-order valence-corrected chi connectivity index (χ2v) is 4.36. The van der Waals surface area contributed by atoms with Gasteiger partial charge in [0, 0.05) is 30.0 Å². The normalized spacial score (nSPS) is 14.1. The van der Waals surface area contributed by atoms with Crippen LogP contribution in [0.2, 0.25) is 0 Å². The van der Waals surface area contributed by atoms with Gasteiger partial charge in [-0.2, -0.15) is 0 Å². The average molecular weight is 286 g/mol. The molecule has 2 rings (SSSR count). The minimum Gasteiger partial charge on any atom is -0.490 e. The number of carbonyl (C=O) groups excluding carboxylic acids is 1. The molecule has 1 N–H and O–H groups in total. The van der Waals surface area contributed by atoms with Crippen LogP contribution in [0.1, 0.15) is 13.3 Å². The molecule has 0 aliphatic carbocycles. The van der Waals surface area contributed by atoms with Crippen molar-refractivity contribution in [2.75, 3.05) is 18.5 Å². The molecule has 4 nitrogen and oxygen atoms in total. The van der Waals surface area contributed by atoms with Crippen LogP contribution in [0, 0.1) is 0 Å². The van der Waals surface area contributed by atoms with Gasteiger partial charge >= 0.3 is 0 Å². The van der Waals surface area contributed by atoms with E-state index in [1.807, 2.05) is 6.07 Å². The van der Waals surface area contributed by atoms with E-state index in [1.54, 1.807) is 6.07 Å². The lowest BCUT2D eigenvalue weighted by atomic mass is 10.2. The lowest BCUT2D eigenvalue weighted by molar-refractivity contribution is -0.114. The van der Waals surface area contributed by atoms with Crippen LogP contribution in [0.25, 0.3) is 0 Å². The molecule has 0 aromatic heterocycles. The third-order valence-corrected chi connectivity index (χ3v) is 2.80. The topological polar surface area (TPSA) is 47.6 Å². The van der Waals surface area contributed by atoms with Crippen LogP contribution in [-0.2, 0) is 4.79 Å². The fourth-order valence-corrected chi connectivity index (χ4v) is 1.89. The van der Waals surface area contributed by atoms with Crippen LogP contribution in [0.5, 0.6) is 11.5 Å². The number of rotatable bonds is 1. The van der Waals surface area contributed by atoms with E-state index in [0.717, 1.165) is 10.9 Å². The second kappa shape index (κ2) is 4.74. The Bertz CT molecular complexity index is 420. The molecule has 0 saturated heterocycles. The molecule has 0 saturated carbocycles. The van der Waals surface area contributed by atoms with E-state index in [9.17, 15) is 4.79 Å². The van der Waals surface area contributed by atoms with Crippen LogP contribution >= 0.6 is 15.9 Å². The van der Waals surface area contributed by atoms with Gasteiger partial charge in [-0.05, 0) is 15.9 Å². The molecule has 1 aliphatic rings. The van der Waals surface area contributed by atoms with Crippen molar-refractivity contribution in [3.63, 3.8) is 0 Å². The van der Waals surface area contributed by atoms with Crippen molar-refractivity contribution in [3.8, 4) is 11.5 Å². The molecule has 0 spiro atoms. The third-order valence-electron chi connectivity index (χ3n) is 2.15. The molecule has 1 aromatic carbocycles. The largest absolute Gasteiger partial charge is 0.490 e. The summed E-state index contributed by atoms with van der Waals surface area (Å²) < 4.78 is 11.8. The molecule has 0 unspecified atom stereocenters. The van der Waals surface area contributed by atoms with Crippen LogP contribution < -0.4 is 14.8 Å². The van der Waals surface area contributed by atoms with Gasteiger partial charge in [-0.15, -0.1) is 0 Å². The average Bonchev–Trinajstić information content (AvgIpc) is 2.42. The number of anilines is 1. The molecule has 0 fully saturated rings. The van der Waals surface area contributed by atoms with Gasteiger partial charge in [0.2, 0.25) is 5.91 Å². The van der Waals surface area contributed by atoms with E-state index in [1.165, 1.54) is 6.92 Å². The van der Waals surface area contributed by atoms with Gasteiger partial charge in [-0.3, -0.25) is 4.79 Å². The Balaban J connectivity index is 2.34. The Morgan fingerprint density at radius 3 is 2.56 bits per heavy atom. The van der Waals surface area contributed by atoms with Gasteiger partial charge in [-0.1, -0.05) is 0 Å². The number of hydrogen-bond acceptors (Lipinski definition) is 3. The Hall–Kier alpha value is -1.23.